The molecule has 0 spiro atoms. The molecule has 0 bridgehead atoms. The molecular formula is C16H24N2O3. The van der Waals surface area contributed by atoms with Crippen molar-refractivity contribution in [2.24, 2.45) is 5.73 Å². The summed E-state index contributed by atoms with van der Waals surface area (Å²) >= 11 is 0. The topological polar surface area (TPSA) is 64.8 Å². The lowest BCUT2D eigenvalue weighted by atomic mass is 10.1. The Bertz CT molecular complexity index is 490. The van der Waals surface area contributed by atoms with Crippen LogP contribution in [0.2, 0.25) is 0 Å². The summed E-state index contributed by atoms with van der Waals surface area (Å²) in [4.78, 5) is 13.5. The summed E-state index contributed by atoms with van der Waals surface area (Å²) in [6.07, 6.45) is 2.37. The highest BCUT2D eigenvalue weighted by Gasteiger charge is 2.24. The SMILES string of the molecule is CCC1CN(CCCC(=O)OC)c2ccc(CN)cc2O1. The van der Waals surface area contributed by atoms with Gasteiger partial charge in [-0.25, -0.2) is 0 Å². The molecule has 2 rings (SSSR count). The van der Waals surface area contributed by atoms with Gasteiger partial charge in [0.25, 0.3) is 0 Å². The van der Waals surface area contributed by atoms with Crippen LogP contribution in [0.15, 0.2) is 18.2 Å². The van der Waals surface area contributed by atoms with Crippen LogP contribution in [0.25, 0.3) is 0 Å². The molecule has 116 valence electrons. The van der Waals surface area contributed by atoms with E-state index in [1.54, 1.807) is 0 Å². The van der Waals surface area contributed by atoms with E-state index in [4.69, 9.17) is 10.5 Å². The summed E-state index contributed by atoms with van der Waals surface area (Å²) in [6, 6.07) is 6.10. The third kappa shape index (κ3) is 3.88. The predicted molar refractivity (Wildman–Crippen MR) is 82.5 cm³/mol. The number of hydrogen-bond acceptors (Lipinski definition) is 5. The summed E-state index contributed by atoms with van der Waals surface area (Å²) in [5.41, 5.74) is 7.85. The molecule has 0 aromatic heterocycles. The Morgan fingerprint density at radius 3 is 3.00 bits per heavy atom. The summed E-state index contributed by atoms with van der Waals surface area (Å²) in [5, 5.41) is 0. The van der Waals surface area contributed by atoms with Crippen LogP contribution in [0.1, 0.15) is 31.7 Å². The van der Waals surface area contributed by atoms with Crippen molar-refractivity contribution in [1.82, 2.24) is 0 Å². The van der Waals surface area contributed by atoms with Gasteiger partial charge >= 0.3 is 5.97 Å². The Morgan fingerprint density at radius 2 is 2.33 bits per heavy atom. The van der Waals surface area contributed by atoms with Gasteiger partial charge in [0.1, 0.15) is 11.9 Å². The lowest BCUT2D eigenvalue weighted by Gasteiger charge is -2.36. The van der Waals surface area contributed by atoms with Crippen molar-refractivity contribution < 1.29 is 14.3 Å². The van der Waals surface area contributed by atoms with E-state index in [2.05, 4.69) is 22.6 Å². The number of hydrogen-bond donors (Lipinski definition) is 1. The molecule has 0 amide bonds. The molecule has 5 nitrogen and oxygen atoms in total. The van der Waals surface area contributed by atoms with Gasteiger partial charge in [-0.15, -0.1) is 0 Å². The van der Waals surface area contributed by atoms with Crippen LogP contribution in [0.4, 0.5) is 5.69 Å². The van der Waals surface area contributed by atoms with Crippen LogP contribution in [0, 0.1) is 0 Å². The minimum absolute atomic E-state index is 0.158. The van der Waals surface area contributed by atoms with Gasteiger partial charge in [-0.1, -0.05) is 13.0 Å². The molecule has 1 aromatic carbocycles. The van der Waals surface area contributed by atoms with E-state index in [9.17, 15) is 4.79 Å². The largest absolute Gasteiger partial charge is 0.486 e. The summed E-state index contributed by atoms with van der Waals surface area (Å²) in [6.45, 7) is 4.31. The molecule has 0 radical (unpaired) electrons. The van der Waals surface area contributed by atoms with Crippen LogP contribution in [-0.4, -0.2) is 32.3 Å². The minimum Gasteiger partial charge on any atom is -0.486 e. The van der Waals surface area contributed by atoms with Gasteiger partial charge in [0.05, 0.1) is 19.3 Å². The average Bonchev–Trinajstić information content (AvgIpc) is 2.53. The van der Waals surface area contributed by atoms with E-state index in [1.807, 2.05) is 12.1 Å². The summed E-state index contributed by atoms with van der Waals surface area (Å²) in [5.74, 6) is 0.739. The maximum absolute atomic E-state index is 11.2. The number of carbonyl (C=O) groups excluding carboxylic acids is 1. The molecule has 0 fully saturated rings. The molecule has 1 aromatic rings. The van der Waals surface area contributed by atoms with E-state index in [-0.39, 0.29) is 12.1 Å². The lowest BCUT2D eigenvalue weighted by molar-refractivity contribution is -0.140. The highest BCUT2D eigenvalue weighted by Crippen LogP contribution is 2.35. The number of nitrogens with two attached hydrogens (primary N) is 1. The van der Waals surface area contributed by atoms with Gasteiger partial charge < -0.3 is 20.1 Å². The number of benzene rings is 1. The fraction of sp³-hybridized carbons (Fsp3) is 0.562. The zero-order valence-electron chi connectivity index (χ0n) is 12.8. The number of nitrogens with zero attached hydrogens (tertiary/aromatic N) is 1. The van der Waals surface area contributed by atoms with Crippen LogP contribution in [-0.2, 0) is 16.1 Å². The molecule has 1 aliphatic rings. The fourth-order valence-corrected chi connectivity index (χ4v) is 2.54. The van der Waals surface area contributed by atoms with Crippen molar-refractivity contribution in [2.45, 2.75) is 38.8 Å². The molecule has 0 saturated carbocycles. The first-order valence-corrected chi connectivity index (χ1v) is 7.49. The third-order valence-electron chi connectivity index (χ3n) is 3.81. The van der Waals surface area contributed by atoms with Gasteiger partial charge in [-0.3, -0.25) is 4.79 Å². The van der Waals surface area contributed by atoms with Crippen molar-refractivity contribution in [1.29, 1.82) is 0 Å². The quantitative estimate of drug-likeness (QED) is 0.813. The molecule has 1 atom stereocenters. The Morgan fingerprint density at radius 1 is 1.52 bits per heavy atom. The van der Waals surface area contributed by atoms with E-state index >= 15 is 0 Å². The second kappa shape index (κ2) is 7.31. The third-order valence-corrected chi connectivity index (χ3v) is 3.81. The van der Waals surface area contributed by atoms with Crippen molar-refractivity contribution in [3.8, 4) is 5.75 Å². The number of rotatable bonds is 6. The second-order valence-corrected chi connectivity index (χ2v) is 5.28. The molecule has 2 N–H and O–H groups in total. The van der Waals surface area contributed by atoms with Crippen molar-refractivity contribution >= 4 is 11.7 Å². The second-order valence-electron chi connectivity index (χ2n) is 5.28. The zero-order valence-corrected chi connectivity index (χ0v) is 12.8. The number of fused-ring (bicyclic) bond motifs is 1. The first-order valence-electron chi connectivity index (χ1n) is 7.49. The van der Waals surface area contributed by atoms with Gasteiger partial charge in [0.15, 0.2) is 0 Å². The first kappa shape index (κ1) is 15.6. The van der Waals surface area contributed by atoms with E-state index in [0.29, 0.717) is 13.0 Å². The maximum atomic E-state index is 11.2. The van der Waals surface area contributed by atoms with Crippen molar-refractivity contribution in [3.63, 3.8) is 0 Å². The Kier molecular flexibility index (Phi) is 5.44. The van der Waals surface area contributed by atoms with E-state index in [1.165, 1.54) is 7.11 Å². The van der Waals surface area contributed by atoms with Gasteiger partial charge in [0, 0.05) is 19.5 Å². The lowest BCUT2D eigenvalue weighted by Crippen LogP contribution is -2.40. The molecule has 0 saturated heterocycles. The fourth-order valence-electron chi connectivity index (χ4n) is 2.54. The normalized spacial score (nSPS) is 17.1. The number of esters is 1. The van der Waals surface area contributed by atoms with Gasteiger partial charge in [-0.05, 0) is 30.5 Å². The van der Waals surface area contributed by atoms with E-state index < -0.39 is 0 Å². The van der Waals surface area contributed by atoms with Crippen molar-refractivity contribution in [3.05, 3.63) is 23.8 Å². The van der Waals surface area contributed by atoms with E-state index in [0.717, 1.165) is 42.9 Å². The highest BCUT2D eigenvalue weighted by molar-refractivity contribution is 5.69. The maximum Gasteiger partial charge on any atom is 0.305 e. The molecule has 0 aliphatic carbocycles. The van der Waals surface area contributed by atoms with Crippen molar-refractivity contribution in [2.75, 3.05) is 25.1 Å². The Balaban J connectivity index is 2.09. The van der Waals surface area contributed by atoms with Gasteiger partial charge in [0.2, 0.25) is 0 Å². The Labute approximate surface area is 126 Å². The number of ether oxygens (including phenoxy) is 2. The Hall–Kier alpha value is -1.75. The molecule has 21 heavy (non-hydrogen) atoms. The molecule has 1 aliphatic heterocycles. The smallest absolute Gasteiger partial charge is 0.305 e. The minimum atomic E-state index is -0.158. The average molecular weight is 292 g/mol. The standard InChI is InChI=1S/C16H24N2O3/c1-3-13-11-18(8-4-5-16(19)20-2)14-7-6-12(10-17)9-15(14)21-13/h6-7,9,13H,3-5,8,10-11,17H2,1-2H3. The molecular weight excluding hydrogens is 268 g/mol. The summed E-state index contributed by atoms with van der Waals surface area (Å²) < 4.78 is 10.7. The van der Waals surface area contributed by atoms with Crippen LogP contribution in [0.5, 0.6) is 5.75 Å². The van der Waals surface area contributed by atoms with Crippen LogP contribution >= 0.6 is 0 Å². The van der Waals surface area contributed by atoms with Gasteiger partial charge in [-0.2, -0.15) is 0 Å². The van der Waals surface area contributed by atoms with Crippen LogP contribution in [0.3, 0.4) is 0 Å². The number of anilines is 1. The number of carbonyl (C=O) groups is 1. The summed E-state index contributed by atoms with van der Waals surface area (Å²) in [7, 11) is 1.42. The number of methoxy groups -OCH3 is 1. The molecule has 1 heterocycles. The highest BCUT2D eigenvalue weighted by atomic mass is 16.5. The first-order chi connectivity index (χ1) is 10.2. The molecule has 5 heteroatoms. The predicted octanol–water partition coefficient (Wildman–Crippen LogP) is 2.08. The molecule has 1 unspecified atom stereocenters. The zero-order chi connectivity index (χ0) is 15.2. The monoisotopic (exact) mass is 292 g/mol. The van der Waals surface area contributed by atoms with Crippen LogP contribution < -0.4 is 15.4 Å².